The van der Waals surface area contributed by atoms with E-state index in [2.05, 4.69) is 21.2 Å². The molecule has 0 aliphatic carbocycles. The average molecular weight is 344 g/mol. The van der Waals surface area contributed by atoms with Crippen LogP contribution in [0.25, 0.3) is 0 Å². The predicted molar refractivity (Wildman–Crippen MR) is 75.7 cm³/mol. The maximum atomic E-state index is 13.5. The zero-order chi connectivity index (χ0) is 14.7. The minimum absolute atomic E-state index is 0.0573. The highest BCUT2D eigenvalue weighted by molar-refractivity contribution is 9.10. The molecule has 20 heavy (non-hydrogen) atoms. The lowest BCUT2D eigenvalue weighted by Crippen LogP contribution is -2.19. The van der Waals surface area contributed by atoms with Crippen LogP contribution < -0.4 is 5.32 Å². The molecule has 1 atom stereocenters. The molecule has 106 valence electrons. The van der Waals surface area contributed by atoms with Crippen LogP contribution in [0.5, 0.6) is 0 Å². The summed E-state index contributed by atoms with van der Waals surface area (Å²) in [6.07, 6.45) is 0. The van der Waals surface area contributed by atoms with Crippen LogP contribution in [0.3, 0.4) is 0 Å². The smallest absolute Gasteiger partial charge is 0.161 e. The normalized spacial score (nSPS) is 12.4. The highest BCUT2D eigenvalue weighted by Gasteiger charge is 2.12. The van der Waals surface area contributed by atoms with E-state index in [4.69, 9.17) is 0 Å². The summed E-state index contributed by atoms with van der Waals surface area (Å²) >= 11 is 3.44. The largest absolute Gasteiger partial charge is 0.306 e. The van der Waals surface area contributed by atoms with Gasteiger partial charge in [0.05, 0.1) is 0 Å². The molecule has 2 aromatic rings. The number of rotatable bonds is 4. The summed E-state index contributed by atoms with van der Waals surface area (Å²) < 4.78 is 40.4. The second kappa shape index (κ2) is 6.41. The van der Waals surface area contributed by atoms with Crippen LogP contribution in [0.2, 0.25) is 0 Å². The molecule has 0 radical (unpaired) electrons. The van der Waals surface area contributed by atoms with E-state index in [1.165, 1.54) is 0 Å². The zero-order valence-corrected chi connectivity index (χ0v) is 12.3. The summed E-state index contributed by atoms with van der Waals surface area (Å²) in [5.41, 5.74) is 1.11. The van der Waals surface area contributed by atoms with E-state index in [1.54, 1.807) is 0 Å². The van der Waals surface area contributed by atoms with Gasteiger partial charge in [-0.25, -0.2) is 13.2 Å². The first kappa shape index (κ1) is 15.1. The lowest BCUT2D eigenvalue weighted by Gasteiger charge is -2.16. The van der Waals surface area contributed by atoms with E-state index in [9.17, 15) is 13.2 Å². The van der Waals surface area contributed by atoms with Gasteiger partial charge in [0.1, 0.15) is 5.82 Å². The van der Waals surface area contributed by atoms with Gasteiger partial charge in [-0.15, -0.1) is 0 Å². The maximum Gasteiger partial charge on any atom is 0.161 e. The molecule has 0 saturated carbocycles. The predicted octanol–water partition coefficient (Wildman–Crippen LogP) is 4.72. The standard InChI is InChI=1S/C15H13BrF3N/c1-9(11-4-2-3-5-12(11)16)20-8-10-6-14(18)15(19)7-13(10)17/h2-7,9,20H,8H2,1H3/t9-/m0/s1. The van der Waals surface area contributed by atoms with Crippen molar-refractivity contribution in [1.29, 1.82) is 0 Å². The molecule has 0 aromatic heterocycles. The van der Waals surface area contributed by atoms with Gasteiger partial charge in [-0.2, -0.15) is 0 Å². The summed E-state index contributed by atoms with van der Waals surface area (Å²) in [4.78, 5) is 0. The minimum Gasteiger partial charge on any atom is -0.306 e. The maximum absolute atomic E-state index is 13.5. The molecule has 2 rings (SSSR count). The third-order valence-electron chi connectivity index (χ3n) is 3.06. The monoisotopic (exact) mass is 343 g/mol. The molecule has 0 aliphatic rings. The van der Waals surface area contributed by atoms with E-state index < -0.39 is 17.5 Å². The van der Waals surface area contributed by atoms with E-state index in [0.717, 1.165) is 16.1 Å². The Balaban J connectivity index is 2.09. The quantitative estimate of drug-likeness (QED) is 0.792. The Morgan fingerprint density at radius 2 is 1.70 bits per heavy atom. The van der Waals surface area contributed by atoms with Gasteiger partial charge in [-0.3, -0.25) is 0 Å². The van der Waals surface area contributed by atoms with Crippen LogP contribution in [0.4, 0.5) is 13.2 Å². The molecule has 0 fully saturated rings. The summed E-state index contributed by atoms with van der Waals surface area (Å²) in [6.45, 7) is 2.03. The van der Waals surface area contributed by atoms with Gasteiger partial charge in [0.2, 0.25) is 0 Å². The molecular formula is C15H13BrF3N. The Morgan fingerprint density at radius 3 is 2.40 bits per heavy atom. The lowest BCUT2D eigenvalue weighted by atomic mass is 10.1. The fourth-order valence-electron chi connectivity index (χ4n) is 1.90. The third-order valence-corrected chi connectivity index (χ3v) is 3.78. The van der Waals surface area contributed by atoms with Crippen molar-refractivity contribution >= 4 is 15.9 Å². The number of hydrogen-bond acceptors (Lipinski definition) is 1. The molecule has 0 spiro atoms. The average Bonchev–Trinajstić information content (AvgIpc) is 2.41. The van der Waals surface area contributed by atoms with E-state index in [1.807, 2.05) is 31.2 Å². The lowest BCUT2D eigenvalue weighted by molar-refractivity contribution is 0.482. The van der Waals surface area contributed by atoms with E-state index >= 15 is 0 Å². The Bertz CT molecular complexity index is 616. The van der Waals surface area contributed by atoms with Gasteiger partial charge in [0.15, 0.2) is 11.6 Å². The van der Waals surface area contributed by atoms with Crippen molar-refractivity contribution in [3.63, 3.8) is 0 Å². The molecule has 0 amide bonds. The number of hydrogen-bond donors (Lipinski definition) is 1. The van der Waals surface area contributed by atoms with Crippen molar-refractivity contribution in [3.8, 4) is 0 Å². The topological polar surface area (TPSA) is 12.0 Å². The van der Waals surface area contributed by atoms with Crippen molar-refractivity contribution < 1.29 is 13.2 Å². The highest BCUT2D eigenvalue weighted by atomic mass is 79.9. The molecule has 0 bridgehead atoms. The molecule has 1 nitrogen and oxygen atoms in total. The van der Waals surface area contributed by atoms with Crippen LogP contribution in [-0.2, 0) is 6.54 Å². The molecule has 0 heterocycles. The van der Waals surface area contributed by atoms with Crippen LogP contribution in [0, 0.1) is 17.5 Å². The first-order chi connectivity index (χ1) is 9.49. The van der Waals surface area contributed by atoms with Gasteiger partial charge >= 0.3 is 0 Å². The Hall–Kier alpha value is -1.33. The molecule has 2 aromatic carbocycles. The molecular weight excluding hydrogens is 331 g/mol. The van der Waals surface area contributed by atoms with Crippen molar-refractivity contribution in [3.05, 3.63) is 69.4 Å². The van der Waals surface area contributed by atoms with E-state index in [0.29, 0.717) is 6.07 Å². The second-order valence-electron chi connectivity index (χ2n) is 4.48. The highest BCUT2D eigenvalue weighted by Crippen LogP contribution is 2.23. The zero-order valence-electron chi connectivity index (χ0n) is 10.8. The SMILES string of the molecule is C[C@H](NCc1cc(F)c(F)cc1F)c1ccccc1Br. The molecule has 1 N–H and O–H groups in total. The van der Waals surface area contributed by atoms with Crippen LogP contribution in [0.1, 0.15) is 24.1 Å². The van der Waals surface area contributed by atoms with Crippen molar-refractivity contribution in [2.75, 3.05) is 0 Å². The molecule has 0 aliphatic heterocycles. The number of nitrogens with one attached hydrogen (secondary N) is 1. The van der Waals surface area contributed by atoms with Crippen LogP contribution in [-0.4, -0.2) is 0 Å². The van der Waals surface area contributed by atoms with Gasteiger partial charge < -0.3 is 5.32 Å². The van der Waals surface area contributed by atoms with Crippen LogP contribution in [0.15, 0.2) is 40.9 Å². The Morgan fingerprint density at radius 1 is 1.05 bits per heavy atom. The van der Waals surface area contributed by atoms with Gasteiger partial charge in [-0.1, -0.05) is 34.1 Å². The van der Waals surface area contributed by atoms with Crippen molar-refractivity contribution in [2.24, 2.45) is 0 Å². The first-order valence-corrected chi connectivity index (χ1v) is 6.89. The summed E-state index contributed by atoms with van der Waals surface area (Å²) in [5, 5.41) is 3.08. The fraction of sp³-hybridized carbons (Fsp3) is 0.200. The number of halogens is 4. The van der Waals surface area contributed by atoms with Gasteiger partial charge in [0, 0.05) is 28.7 Å². The summed E-state index contributed by atoms with van der Waals surface area (Å²) in [6, 6.07) is 9.03. The molecule has 5 heteroatoms. The molecule has 0 saturated heterocycles. The first-order valence-electron chi connectivity index (χ1n) is 6.10. The Labute approximate surface area is 123 Å². The molecule has 0 unspecified atom stereocenters. The minimum atomic E-state index is -1.18. The number of benzene rings is 2. The summed E-state index contributed by atoms with van der Waals surface area (Å²) in [7, 11) is 0. The fourth-order valence-corrected chi connectivity index (χ4v) is 2.53. The Kier molecular flexibility index (Phi) is 4.83. The van der Waals surface area contributed by atoms with Crippen molar-refractivity contribution in [1.82, 2.24) is 5.32 Å². The summed E-state index contributed by atoms with van der Waals surface area (Å²) in [5.74, 6) is -2.97. The second-order valence-corrected chi connectivity index (χ2v) is 5.34. The van der Waals surface area contributed by atoms with Gasteiger partial charge in [0.25, 0.3) is 0 Å². The third kappa shape index (κ3) is 3.41. The van der Waals surface area contributed by atoms with Crippen molar-refractivity contribution in [2.45, 2.75) is 19.5 Å². The van der Waals surface area contributed by atoms with Crippen LogP contribution >= 0.6 is 15.9 Å². The van der Waals surface area contributed by atoms with E-state index in [-0.39, 0.29) is 18.2 Å². The van der Waals surface area contributed by atoms with Gasteiger partial charge in [-0.05, 0) is 24.6 Å².